The molecule has 1 N–H and O–H groups in total. The number of rotatable bonds is 3. The average molecular weight is 264 g/mol. The standard InChI is InChI=1S/C14H24N4O/c1-14(2,3)18-8-6-16-12(13(18)19)17-7-5-11(10-17)9-15-4/h6,8,11,15H,5,7,9-10H2,1-4H3. The first-order chi connectivity index (χ1) is 8.93. The number of aromatic nitrogens is 2. The van der Waals surface area contributed by atoms with E-state index in [0.29, 0.717) is 11.7 Å². The lowest BCUT2D eigenvalue weighted by atomic mass is 10.1. The zero-order valence-corrected chi connectivity index (χ0v) is 12.3. The summed E-state index contributed by atoms with van der Waals surface area (Å²) in [6.07, 6.45) is 4.62. The van der Waals surface area contributed by atoms with Crippen molar-refractivity contribution in [3.8, 4) is 0 Å². The molecule has 1 saturated heterocycles. The van der Waals surface area contributed by atoms with Crippen molar-refractivity contribution in [1.82, 2.24) is 14.9 Å². The molecule has 1 aromatic rings. The van der Waals surface area contributed by atoms with E-state index in [4.69, 9.17) is 0 Å². The molecular formula is C14H24N4O. The number of hydrogen-bond acceptors (Lipinski definition) is 4. The van der Waals surface area contributed by atoms with Crippen LogP contribution in [0, 0.1) is 5.92 Å². The van der Waals surface area contributed by atoms with Gasteiger partial charge in [0.1, 0.15) is 0 Å². The Morgan fingerprint density at radius 3 is 2.84 bits per heavy atom. The third kappa shape index (κ3) is 2.97. The maximum atomic E-state index is 12.5. The summed E-state index contributed by atoms with van der Waals surface area (Å²) >= 11 is 0. The number of nitrogens with zero attached hydrogens (tertiary/aromatic N) is 3. The highest BCUT2D eigenvalue weighted by Crippen LogP contribution is 2.20. The van der Waals surface area contributed by atoms with Gasteiger partial charge >= 0.3 is 0 Å². The van der Waals surface area contributed by atoms with Gasteiger partial charge in [-0.3, -0.25) is 4.79 Å². The Bertz CT molecular complexity index is 489. The summed E-state index contributed by atoms with van der Waals surface area (Å²) in [6, 6.07) is 0. The van der Waals surface area contributed by atoms with E-state index in [1.807, 2.05) is 27.8 Å². The van der Waals surface area contributed by atoms with Crippen LogP contribution in [-0.4, -0.2) is 36.2 Å². The van der Waals surface area contributed by atoms with Crippen molar-refractivity contribution in [2.24, 2.45) is 5.92 Å². The lowest BCUT2D eigenvalue weighted by molar-refractivity contribution is 0.382. The second-order valence-corrected chi connectivity index (χ2v) is 6.26. The molecule has 1 aliphatic rings. The molecule has 0 aliphatic carbocycles. The minimum absolute atomic E-state index is 0.0140. The molecule has 1 fully saturated rings. The second kappa shape index (κ2) is 5.33. The van der Waals surface area contributed by atoms with Gasteiger partial charge in [-0.15, -0.1) is 0 Å². The molecule has 1 atom stereocenters. The molecule has 1 aromatic heterocycles. The molecule has 0 bridgehead atoms. The average Bonchev–Trinajstić information content (AvgIpc) is 2.76. The molecule has 0 spiro atoms. The maximum absolute atomic E-state index is 12.5. The van der Waals surface area contributed by atoms with Crippen LogP contribution >= 0.6 is 0 Å². The first-order valence-electron chi connectivity index (χ1n) is 6.91. The SMILES string of the molecule is CNCC1CCN(c2nccn(C(C)(C)C)c2=O)C1. The van der Waals surface area contributed by atoms with E-state index in [9.17, 15) is 4.79 Å². The zero-order chi connectivity index (χ0) is 14.0. The molecule has 106 valence electrons. The molecule has 0 amide bonds. The van der Waals surface area contributed by atoms with E-state index in [1.165, 1.54) is 0 Å². The van der Waals surface area contributed by atoms with E-state index in [2.05, 4.69) is 15.2 Å². The van der Waals surface area contributed by atoms with Crippen LogP contribution in [0.2, 0.25) is 0 Å². The maximum Gasteiger partial charge on any atom is 0.293 e. The summed E-state index contributed by atoms with van der Waals surface area (Å²) in [7, 11) is 1.97. The molecule has 5 heteroatoms. The van der Waals surface area contributed by atoms with Gasteiger partial charge in [0.15, 0.2) is 5.82 Å². The largest absolute Gasteiger partial charge is 0.352 e. The van der Waals surface area contributed by atoms with E-state index < -0.39 is 0 Å². The van der Waals surface area contributed by atoms with Crippen molar-refractivity contribution in [2.45, 2.75) is 32.7 Å². The van der Waals surface area contributed by atoms with Crippen LogP contribution in [0.15, 0.2) is 17.2 Å². The zero-order valence-electron chi connectivity index (χ0n) is 12.3. The van der Waals surface area contributed by atoms with E-state index >= 15 is 0 Å². The monoisotopic (exact) mass is 264 g/mol. The molecule has 0 radical (unpaired) electrons. The van der Waals surface area contributed by atoms with Gasteiger partial charge < -0.3 is 14.8 Å². The van der Waals surface area contributed by atoms with Crippen molar-refractivity contribution in [1.29, 1.82) is 0 Å². The van der Waals surface area contributed by atoms with Crippen molar-refractivity contribution in [3.63, 3.8) is 0 Å². The van der Waals surface area contributed by atoms with Gasteiger partial charge in [-0.2, -0.15) is 0 Å². The number of nitrogens with one attached hydrogen (secondary N) is 1. The van der Waals surface area contributed by atoms with Gasteiger partial charge in [0.05, 0.1) is 0 Å². The lowest BCUT2D eigenvalue weighted by Crippen LogP contribution is -2.38. The third-order valence-corrected chi connectivity index (χ3v) is 3.62. The topological polar surface area (TPSA) is 50.2 Å². The first-order valence-corrected chi connectivity index (χ1v) is 6.91. The summed E-state index contributed by atoms with van der Waals surface area (Å²) in [5.41, 5.74) is -0.195. The summed E-state index contributed by atoms with van der Waals surface area (Å²) < 4.78 is 1.76. The quantitative estimate of drug-likeness (QED) is 0.886. The Labute approximate surface area is 114 Å². The van der Waals surface area contributed by atoms with Crippen LogP contribution in [0.25, 0.3) is 0 Å². The van der Waals surface area contributed by atoms with Crippen LogP contribution < -0.4 is 15.8 Å². The predicted molar refractivity (Wildman–Crippen MR) is 77.7 cm³/mol. The Hall–Kier alpha value is -1.36. The second-order valence-electron chi connectivity index (χ2n) is 6.26. The molecule has 0 aromatic carbocycles. The van der Waals surface area contributed by atoms with Crippen molar-refractivity contribution in [3.05, 3.63) is 22.7 Å². The fourth-order valence-corrected chi connectivity index (χ4v) is 2.63. The first kappa shape index (κ1) is 14.1. The van der Waals surface area contributed by atoms with Gasteiger partial charge in [0, 0.05) is 31.0 Å². The van der Waals surface area contributed by atoms with Gasteiger partial charge in [-0.25, -0.2) is 4.98 Å². The Morgan fingerprint density at radius 1 is 1.47 bits per heavy atom. The fourth-order valence-electron chi connectivity index (χ4n) is 2.63. The Balaban J connectivity index is 2.25. The van der Waals surface area contributed by atoms with E-state index in [1.54, 1.807) is 17.0 Å². The molecule has 5 nitrogen and oxygen atoms in total. The summed E-state index contributed by atoms with van der Waals surface area (Å²) in [4.78, 5) is 18.9. The van der Waals surface area contributed by atoms with Crippen LogP contribution in [-0.2, 0) is 5.54 Å². The van der Waals surface area contributed by atoms with Crippen molar-refractivity contribution < 1.29 is 0 Å². The van der Waals surface area contributed by atoms with Crippen molar-refractivity contribution in [2.75, 3.05) is 31.6 Å². The van der Waals surface area contributed by atoms with E-state index in [0.717, 1.165) is 26.1 Å². The van der Waals surface area contributed by atoms with Crippen LogP contribution in [0.4, 0.5) is 5.82 Å². The number of hydrogen-bond donors (Lipinski definition) is 1. The predicted octanol–water partition coefficient (Wildman–Crippen LogP) is 1.04. The highest BCUT2D eigenvalue weighted by atomic mass is 16.1. The summed E-state index contributed by atoms with van der Waals surface area (Å²) in [5.74, 6) is 1.20. The molecule has 1 aliphatic heterocycles. The van der Waals surface area contributed by atoms with Gasteiger partial charge in [-0.05, 0) is 46.7 Å². The fraction of sp³-hybridized carbons (Fsp3) is 0.714. The molecule has 2 rings (SSSR count). The van der Waals surface area contributed by atoms with Crippen LogP contribution in [0.5, 0.6) is 0 Å². The van der Waals surface area contributed by atoms with E-state index in [-0.39, 0.29) is 11.1 Å². The van der Waals surface area contributed by atoms with Gasteiger partial charge in [0.25, 0.3) is 5.56 Å². The number of anilines is 1. The van der Waals surface area contributed by atoms with Crippen molar-refractivity contribution >= 4 is 5.82 Å². The molecule has 1 unspecified atom stereocenters. The minimum Gasteiger partial charge on any atom is -0.352 e. The van der Waals surface area contributed by atoms with Gasteiger partial charge in [0.2, 0.25) is 0 Å². The van der Waals surface area contributed by atoms with Crippen LogP contribution in [0.1, 0.15) is 27.2 Å². The Kier molecular flexibility index (Phi) is 3.94. The highest BCUT2D eigenvalue weighted by Gasteiger charge is 2.26. The Morgan fingerprint density at radius 2 is 2.21 bits per heavy atom. The molecule has 2 heterocycles. The smallest absolute Gasteiger partial charge is 0.293 e. The van der Waals surface area contributed by atoms with Crippen LogP contribution in [0.3, 0.4) is 0 Å². The summed E-state index contributed by atoms with van der Waals surface area (Å²) in [6.45, 7) is 8.93. The molecule has 0 saturated carbocycles. The minimum atomic E-state index is -0.209. The summed E-state index contributed by atoms with van der Waals surface area (Å²) in [5, 5.41) is 3.20. The highest BCUT2D eigenvalue weighted by molar-refractivity contribution is 5.37. The lowest BCUT2D eigenvalue weighted by Gasteiger charge is -2.24. The van der Waals surface area contributed by atoms with Gasteiger partial charge in [-0.1, -0.05) is 0 Å². The molecular weight excluding hydrogens is 240 g/mol. The third-order valence-electron chi connectivity index (χ3n) is 3.62. The normalized spacial score (nSPS) is 20.0. The molecule has 19 heavy (non-hydrogen) atoms.